The van der Waals surface area contributed by atoms with Crippen molar-refractivity contribution < 1.29 is 8.42 Å². The molecular formula is C6H16N4O2S. The molecule has 0 aromatic heterocycles. The van der Waals surface area contributed by atoms with Gasteiger partial charge in [-0.2, -0.15) is 0 Å². The van der Waals surface area contributed by atoms with E-state index < -0.39 is 9.84 Å². The van der Waals surface area contributed by atoms with E-state index in [1.165, 1.54) is 0 Å². The molecular weight excluding hydrogens is 192 g/mol. The van der Waals surface area contributed by atoms with E-state index in [-0.39, 0.29) is 11.5 Å². The first-order chi connectivity index (χ1) is 6.05. The highest BCUT2D eigenvalue weighted by Gasteiger charge is 2.06. The number of hydrazine groups is 1. The summed E-state index contributed by atoms with van der Waals surface area (Å²) in [6, 6.07) is 0. The van der Waals surface area contributed by atoms with Crippen molar-refractivity contribution in [2.75, 3.05) is 25.1 Å². The van der Waals surface area contributed by atoms with E-state index in [2.05, 4.69) is 15.7 Å². The Labute approximate surface area is 78.5 Å². The highest BCUT2D eigenvalue weighted by molar-refractivity contribution is 7.91. The number of hydrogen-bond donors (Lipinski definition) is 3. The Hall–Kier alpha value is -0.820. The second kappa shape index (κ2) is 5.76. The number of aliphatic imine (C=N–C) groups is 1. The Bertz CT molecular complexity index is 260. The highest BCUT2D eigenvalue weighted by atomic mass is 32.2. The van der Waals surface area contributed by atoms with Crippen molar-refractivity contribution in [3.63, 3.8) is 0 Å². The third kappa shape index (κ3) is 5.42. The van der Waals surface area contributed by atoms with E-state index in [9.17, 15) is 8.42 Å². The largest absolute Gasteiger partial charge is 0.354 e. The molecule has 0 aliphatic heterocycles. The van der Waals surface area contributed by atoms with Crippen LogP contribution >= 0.6 is 0 Å². The van der Waals surface area contributed by atoms with Crippen LogP contribution in [0.15, 0.2) is 4.99 Å². The first kappa shape index (κ1) is 12.2. The number of rotatable bonds is 4. The summed E-state index contributed by atoms with van der Waals surface area (Å²) >= 11 is 0. The van der Waals surface area contributed by atoms with Crippen molar-refractivity contribution in [1.82, 2.24) is 10.7 Å². The number of guanidine groups is 1. The van der Waals surface area contributed by atoms with Crippen LogP contribution in [0.4, 0.5) is 0 Å². The Morgan fingerprint density at radius 2 is 2.15 bits per heavy atom. The molecule has 0 amide bonds. The minimum absolute atomic E-state index is 0.0875. The molecule has 0 rings (SSSR count). The van der Waals surface area contributed by atoms with Crippen molar-refractivity contribution in [2.24, 2.45) is 10.8 Å². The Morgan fingerprint density at radius 1 is 1.54 bits per heavy atom. The van der Waals surface area contributed by atoms with E-state index in [0.717, 1.165) is 0 Å². The molecule has 0 aliphatic rings. The second-order valence-corrected chi connectivity index (χ2v) is 4.85. The lowest BCUT2D eigenvalue weighted by atomic mass is 10.7. The summed E-state index contributed by atoms with van der Waals surface area (Å²) in [6.07, 6.45) is 0. The van der Waals surface area contributed by atoms with Gasteiger partial charge < -0.3 is 5.32 Å². The smallest absolute Gasteiger partial charge is 0.205 e. The fourth-order valence-electron chi connectivity index (χ4n) is 0.664. The molecule has 0 aromatic carbocycles. The summed E-state index contributed by atoms with van der Waals surface area (Å²) < 4.78 is 22.1. The van der Waals surface area contributed by atoms with Gasteiger partial charge in [-0.05, 0) is 0 Å². The van der Waals surface area contributed by atoms with Crippen LogP contribution in [0.2, 0.25) is 0 Å². The molecule has 7 heteroatoms. The van der Waals surface area contributed by atoms with Gasteiger partial charge in [0.05, 0.1) is 5.75 Å². The van der Waals surface area contributed by atoms with Crippen molar-refractivity contribution in [3.8, 4) is 0 Å². The normalized spacial score (nSPS) is 12.7. The lowest BCUT2D eigenvalue weighted by Crippen LogP contribution is -2.43. The maximum atomic E-state index is 11.0. The zero-order valence-corrected chi connectivity index (χ0v) is 8.69. The minimum Gasteiger partial charge on any atom is -0.354 e. The van der Waals surface area contributed by atoms with Crippen LogP contribution in [0.25, 0.3) is 0 Å². The average Bonchev–Trinajstić information content (AvgIpc) is 2.12. The van der Waals surface area contributed by atoms with Crippen LogP contribution in [0, 0.1) is 0 Å². The lowest BCUT2D eigenvalue weighted by Gasteiger charge is -2.07. The number of nitrogens with zero attached hydrogens (tertiary/aromatic N) is 1. The monoisotopic (exact) mass is 208 g/mol. The Balaban J connectivity index is 3.81. The quantitative estimate of drug-likeness (QED) is 0.225. The summed E-state index contributed by atoms with van der Waals surface area (Å²) in [6.45, 7) is 1.93. The fraction of sp³-hybridized carbons (Fsp3) is 0.833. The SMILES string of the molecule is CCS(=O)(=O)CCNC(=NC)NN. The zero-order chi connectivity index (χ0) is 10.3. The van der Waals surface area contributed by atoms with Crippen molar-refractivity contribution >= 4 is 15.8 Å². The first-order valence-corrected chi connectivity index (χ1v) is 5.75. The third-order valence-corrected chi connectivity index (χ3v) is 3.21. The molecule has 0 aliphatic carbocycles. The van der Waals surface area contributed by atoms with Gasteiger partial charge in [-0.3, -0.25) is 10.4 Å². The van der Waals surface area contributed by atoms with Gasteiger partial charge >= 0.3 is 0 Å². The molecule has 78 valence electrons. The predicted molar refractivity (Wildman–Crippen MR) is 53.0 cm³/mol. The minimum atomic E-state index is -2.92. The number of nitrogens with one attached hydrogen (secondary N) is 2. The van der Waals surface area contributed by atoms with Crippen LogP contribution in [0.3, 0.4) is 0 Å². The summed E-state index contributed by atoms with van der Waals surface area (Å²) in [5.74, 6) is 5.70. The van der Waals surface area contributed by atoms with Crippen molar-refractivity contribution in [2.45, 2.75) is 6.92 Å². The highest BCUT2D eigenvalue weighted by Crippen LogP contribution is 1.86. The van der Waals surface area contributed by atoms with Crippen molar-refractivity contribution in [1.29, 1.82) is 0 Å². The maximum absolute atomic E-state index is 11.0. The van der Waals surface area contributed by atoms with Crippen molar-refractivity contribution in [3.05, 3.63) is 0 Å². The number of hydrogen-bond acceptors (Lipinski definition) is 4. The number of nitrogens with two attached hydrogens (primary N) is 1. The average molecular weight is 208 g/mol. The zero-order valence-electron chi connectivity index (χ0n) is 7.87. The third-order valence-electron chi connectivity index (χ3n) is 1.51. The van der Waals surface area contributed by atoms with Gasteiger partial charge in [-0.15, -0.1) is 0 Å². The molecule has 4 N–H and O–H groups in total. The maximum Gasteiger partial charge on any atom is 0.205 e. The van der Waals surface area contributed by atoms with E-state index in [4.69, 9.17) is 5.84 Å². The fourth-order valence-corrected chi connectivity index (χ4v) is 1.37. The Kier molecular flexibility index (Phi) is 5.40. The lowest BCUT2D eigenvalue weighted by molar-refractivity contribution is 0.596. The van der Waals surface area contributed by atoms with Gasteiger partial charge in [0.25, 0.3) is 0 Å². The molecule has 0 heterocycles. The molecule has 0 spiro atoms. The molecule has 0 saturated heterocycles. The van der Waals surface area contributed by atoms with Gasteiger partial charge in [0.2, 0.25) is 5.96 Å². The van der Waals surface area contributed by atoms with Gasteiger partial charge in [0.1, 0.15) is 0 Å². The molecule has 0 aromatic rings. The Morgan fingerprint density at radius 3 is 2.54 bits per heavy atom. The summed E-state index contributed by atoms with van der Waals surface area (Å²) in [4.78, 5) is 3.73. The predicted octanol–water partition coefficient (Wildman–Crippen LogP) is -1.54. The molecule has 0 saturated carbocycles. The van der Waals surface area contributed by atoms with Crippen LogP contribution in [-0.2, 0) is 9.84 Å². The molecule has 0 atom stereocenters. The molecule has 0 fully saturated rings. The second-order valence-electron chi connectivity index (χ2n) is 2.38. The van der Waals surface area contributed by atoms with Crippen LogP contribution in [0.5, 0.6) is 0 Å². The van der Waals surface area contributed by atoms with E-state index in [0.29, 0.717) is 12.5 Å². The number of sulfone groups is 1. The van der Waals surface area contributed by atoms with Gasteiger partial charge in [0, 0.05) is 19.3 Å². The first-order valence-electron chi connectivity index (χ1n) is 3.93. The molecule has 6 nitrogen and oxygen atoms in total. The van der Waals surface area contributed by atoms with Gasteiger partial charge in [-0.25, -0.2) is 14.3 Å². The summed E-state index contributed by atoms with van der Waals surface area (Å²) in [5.41, 5.74) is 2.30. The van der Waals surface area contributed by atoms with E-state index in [1.807, 2.05) is 0 Å². The molecule has 0 unspecified atom stereocenters. The summed E-state index contributed by atoms with van der Waals surface area (Å²) in [7, 11) is -1.37. The standard InChI is InChI=1S/C6H16N4O2S/c1-3-13(11,12)5-4-9-6(8-2)10-7/h3-5,7H2,1-2H3,(H2,8,9,10). The van der Waals surface area contributed by atoms with Gasteiger partial charge in [-0.1, -0.05) is 6.92 Å². The van der Waals surface area contributed by atoms with Crippen LogP contribution < -0.4 is 16.6 Å². The summed E-state index contributed by atoms with van der Waals surface area (Å²) in [5, 5.41) is 2.74. The molecule has 0 radical (unpaired) electrons. The van der Waals surface area contributed by atoms with E-state index in [1.54, 1.807) is 14.0 Å². The topological polar surface area (TPSA) is 96.6 Å². The van der Waals surface area contributed by atoms with E-state index >= 15 is 0 Å². The van der Waals surface area contributed by atoms with Crippen LogP contribution in [0.1, 0.15) is 6.92 Å². The van der Waals surface area contributed by atoms with Crippen LogP contribution in [-0.4, -0.2) is 39.5 Å². The molecule has 0 bridgehead atoms. The molecule has 13 heavy (non-hydrogen) atoms. The van der Waals surface area contributed by atoms with Gasteiger partial charge in [0.15, 0.2) is 9.84 Å².